The van der Waals surface area contributed by atoms with Crippen molar-refractivity contribution in [1.82, 2.24) is 10.2 Å². The van der Waals surface area contributed by atoms with Gasteiger partial charge in [0.1, 0.15) is 11.2 Å². The second-order valence-electron chi connectivity index (χ2n) is 5.79. The number of nitrogens with one attached hydrogen (secondary N) is 1. The minimum Gasteiger partial charge on any atom is -0.444 e. The van der Waals surface area contributed by atoms with Crippen LogP contribution < -0.4 is 5.32 Å². The van der Waals surface area contributed by atoms with E-state index in [2.05, 4.69) is 5.32 Å². The second kappa shape index (κ2) is 3.60. The van der Waals surface area contributed by atoms with Crippen molar-refractivity contribution in [2.24, 2.45) is 5.92 Å². The van der Waals surface area contributed by atoms with Gasteiger partial charge in [-0.2, -0.15) is 0 Å². The largest absolute Gasteiger partial charge is 0.444 e. The van der Waals surface area contributed by atoms with Crippen molar-refractivity contribution in [3.05, 3.63) is 0 Å². The fraction of sp³-hybridized carbons (Fsp3) is 0.909. The third-order valence-corrected chi connectivity index (χ3v) is 3.14. The van der Waals surface area contributed by atoms with Crippen molar-refractivity contribution in [3.8, 4) is 0 Å². The molecule has 92 valence electrons. The van der Waals surface area contributed by atoms with Gasteiger partial charge in [0.05, 0.1) is 6.54 Å². The monoisotopic (exact) mass is 228 g/mol. The number of ether oxygens (including phenoxy) is 1. The van der Waals surface area contributed by atoms with Crippen LogP contribution in [0.3, 0.4) is 0 Å². The van der Waals surface area contributed by atoms with E-state index < -0.39 is 11.2 Å². The molecule has 0 aromatic carbocycles. The van der Waals surface area contributed by atoms with Crippen LogP contribution in [0.2, 0.25) is 0 Å². The first-order valence-corrected chi connectivity index (χ1v) is 5.71. The molecule has 0 radical (unpaired) electrons. The van der Waals surface area contributed by atoms with Crippen LogP contribution in [0.1, 0.15) is 20.8 Å². The summed E-state index contributed by atoms with van der Waals surface area (Å²) in [6.07, 6.45) is -0.324. The van der Waals surface area contributed by atoms with Gasteiger partial charge in [0.15, 0.2) is 0 Å². The molecule has 0 saturated carbocycles. The number of nitrogens with zero attached hydrogens (tertiary/aromatic N) is 1. The lowest BCUT2D eigenvalue weighted by Crippen LogP contribution is -2.42. The highest BCUT2D eigenvalue weighted by Gasteiger charge is 2.50. The molecule has 2 aliphatic rings. The highest BCUT2D eigenvalue weighted by Crippen LogP contribution is 2.31. The molecular formula is C11H20N2O3. The Balaban J connectivity index is 1.97. The van der Waals surface area contributed by atoms with Gasteiger partial charge < -0.3 is 20.1 Å². The summed E-state index contributed by atoms with van der Waals surface area (Å²) in [7, 11) is 0. The Morgan fingerprint density at radius 3 is 2.81 bits per heavy atom. The maximum absolute atomic E-state index is 11.8. The third-order valence-electron chi connectivity index (χ3n) is 3.14. The van der Waals surface area contributed by atoms with Crippen molar-refractivity contribution >= 4 is 6.09 Å². The topological polar surface area (TPSA) is 61.8 Å². The maximum atomic E-state index is 11.8. The van der Waals surface area contributed by atoms with Gasteiger partial charge in [-0.1, -0.05) is 0 Å². The molecular weight excluding hydrogens is 208 g/mol. The number of likely N-dealkylation sites (tertiary alicyclic amines) is 1. The van der Waals surface area contributed by atoms with Crippen LogP contribution in [0.4, 0.5) is 4.79 Å². The Morgan fingerprint density at radius 1 is 1.56 bits per heavy atom. The zero-order valence-corrected chi connectivity index (χ0v) is 10.1. The predicted octanol–water partition coefficient (Wildman–Crippen LogP) is 0.188. The van der Waals surface area contributed by atoms with Gasteiger partial charge in [0, 0.05) is 25.6 Å². The van der Waals surface area contributed by atoms with Gasteiger partial charge in [-0.05, 0) is 20.8 Å². The minimum atomic E-state index is -0.753. The average molecular weight is 228 g/mol. The Morgan fingerprint density at radius 2 is 2.25 bits per heavy atom. The van der Waals surface area contributed by atoms with E-state index in [1.165, 1.54) is 0 Å². The summed E-state index contributed by atoms with van der Waals surface area (Å²) < 4.78 is 5.29. The summed E-state index contributed by atoms with van der Waals surface area (Å²) in [6.45, 7) is 7.83. The molecule has 2 aliphatic heterocycles. The smallest absolute Gasteiger partial charge is 0.410 e. The van der Waals surface area contributed by atoms with E-state index in [1.807, 2.05) is 20.8 Å². The second-order valence-corrected chi connectivity index (χ2v) is 5.79. The van der Waals surface area contributed by atoms with E-state index in [1.54, 1.807) is 4.90 Å². The quantitative estimate of drug-likeness (QED) is 0.621. The summed E-state index contributed by atoms with van der Waals surface area (Å²) in [5.74, 6) is 0.139. The maximum Gasteiger partial charge on any atom is 0.410 e. The Bertz CT molecular complexity index is 300. The van der Waals surface area contributed by atoms with E-state index in [4.69, 9.17) is 4.74 Å². The fourth-order valence-corrected chi connectivity index (χ4v) is 2.34. The summed E-state index contributed by atoms with van der Waals surface area (Å²) in [6, 6.07) is 0. The molecule has 2 rings (SSSR count). The minimum absolute atomic E-state index is 0.139. The van der Waals surface area contributed by atoms with E-state index in [0.717, 1.165) is 6.54 Å². The highest BCUT2D eigenvalue weighted by molar-refractivity contribution is 5.69. The van der Waals surface area contributed by atoms with Gasteiger partial charge in [-0.3, -0.25) is 0 Å². The van der Waals surface area contributed by atoms with Crippen molar-refractivity contribution in [3.63, 3.8) is 0 Å². The average Bonchev–Trinajstić information content (AvgIpc) is 2.55. The molecule has 0 aliphatic carbocycles. The first-order chi connectivity index (χ1) is 7.30. The molecule has 0 bridgehead atoms. The van der Waals surface area contributed by atoms with Crippen molar-refractivity contribution in [2.45, 2.75) is 32.0 Å². The molecule has 2 atom stereocenters. The summed E-state index contributed by atoms with van der Waals surface area (Å²) in [5, 5.41) is 13.4. The van der Waals surface area contributed by atoms with Gasteiger partial charge in [-0.25, -0.2) is 4.79 Å². The summed E-state index contributed by atoms with van der Waals surface area (Å²) >= 11 is 0. The van der Waals surface area contributed by atoms with E-state index in [-0.39, 0.29) is 12.0 Å². The third kappa shape index (κ3) is 2.15. The molecule has 2 saturated heterocycles. The van der Waals surface area contributed by atoms with Crippen molar-refractivity contribution in [2.75, 3.05) is 26.2 Å². The number of β-amino-alcohol motifs (C(OH)–C–C–N with tert-alkyl or cyclic N) is 1. The normalized spacial score (nSPS) is 34.0. The Labute approximate surface area is 95.8 Å². The van der Waals surface area contributed by atoms with Crippen LogP contribution in [-0.2, 0) is 4.74 Å². The molecule has 1 unspecified atom stereocenters. The predicted molar refractivity (Wildman–Crippen MR) is 59.1 cm³/mol. The highest BCUT2D eigenvalue weighted by atomic mass is 16.6. The molecule has 0 spiro atoms. The fourth-order valence-electron chi connectivity index (χ4n) is 2.34. The molecule has 0 aromatic rings. The van der Waals surface area contributed by atoms with Crippen LogP contribution in [0.5, 0.6) is 0 Å². The lowest BCUT2D eigenvalue weighted by atomic mass is 9.95. The number of hydrogen-bond donors (Lipinski definition) is 2. The summed E-state index contributed by atoms with van der Waals surface area (Å²) in [4.78, 5) is 13.4. The molecule has 0 aromatic heterocycles. The number of carbonyl (C=O) groups excluding carboxylic acids is 1. The van der Waals surface area contributed by atoms with Crippen LogP contribution in [0.15, 0.2) is 0 Å². The van der Waals surface area contributed by atoms with E-state index in [9.17, 15) is 9.90 Å². The standard InChI is InChI=1S/C11H20N2O3/c1-10(2,3)16-9(14)13-5-8-4-12-6-11(8,15)7-13/h8,12,15H,4-7H2,1-3H3/t8?,11-/m0/s1. The van der Waals surface area contributed by atoms with Crippen LogP contribution in [0.25, 0.3) is 0 Å². The van der Waals surface area contributed by atoms with Crippen LogP contribution in [0, 0.1) is 5.92 Å². The molecule has 1 amide bonds. The van der Waals surface area contributed by atoms with Gasteiger partial charge in [0.2, 0.25) is 0 Å². The number of rotatable bonds is 0. The number of aliphatic hydroxyl groups is 1. The number of hydrogen-bond acceptors (Lipinski definition) is 4. The number of carbonyl (C=O) groups is 1. The molecule has 2 fully saturated rings. The van der Waals surface area contributed by atoms with E-state index >= 15 is 0 Å². The number of fused-ring (bicyclic) bond motifs is 1. The van der Waals surface area contributed by atoms with Gasteiger partial charge >= 0.3 is 6.09 Å². The molecule has 16 heavy (non-hydrogen) atoms. The zero-order valence-electron chi connectivity index (χ0n) is 10.1. The van der Waals surface area contributed by atoms with Crippen molar-refractivity contribution < 1.29 is 14.6 Å². The first kappa shape index (κ1) is 11.7. The van der Waals surface area contributed by atoms with E-state index in [0.29, 0.717) is 19.6 Å². The first-order valence-electron chi connectivity index (χ1n) is 5.71. The molecule has 2 N–H and O–H groups in total. The number of amides is 1. The molecule has 5 nitrogen and oxygen atoms in total. The van der Waals surface area contributed by atoms with Crippen LogP contribution >= 0.6 is 0 Å². The Hall–Kier alpha value is -0.810. The Kier molecular flexibility index (Phi) is 2.62. The SMILES string of the molecule is CC(C)(C)OC(=O)N1CC2CNC[C@]2(O)C1. The van der Waals surface area contributed by atoms with Crippen LogP contribution in [-0.4, -0.2) is 53.5 Å². The molecule has 2 heterocycles. The lowest BCUT2D eigenvalue weighted by Gasteiger charge is -2.25. The summed E-state index contributed by atoms with van der Waals surface area (Å²) in [5.41, 5.74) is -1.23. The zero-order chi connectivity index (χ0) is 12.0. The van der Waals surface area contributed by atoms with Crippen molar-refractivity contribution in [1.29, 1.82) is 0 Å². The van der Waals surface area contributed by atoms with Gasteiger partial charge in [0.25, 0.3) is 0 Å². The lowest BCUT2D eigenvalue weighted by molar-refractivity contribution is 0.0161. The van der Waals surface area contributed by atoms with Gasteiger partial charge in [-0.15, -0.1) is 0 Å². The molecule has 5 heteroatoms.